The fourth-order valence-electron chi connectivity index (χ4n) is 11.1. The van der Waals surface area contributed by atoms with Crippen molar-refractivity contribution in [1.29, 1.82) is 5.26 Å². The second kappa shape index (κ2) is 15.9. The van der Waals surface area contributed by atoms with Crippen molar-refractivity contribution in [2.45, 2.75) is 0 Å². The normalized spacial score (nSPS) is 11.9. The van der Waals surface area contributed by atoms with Gasteiger partial charge in [-0.3, -0.25) is 0 Å². The van der Waals surface area contributed by atoms with Crippen LogP contribution in [0.4, 0.5) is 0 Å². The molecule has 0 spiro atoms. The zero-order chi connectivity index (χ0) is 47.4. The van der Waals surface area contributed by atoms with E-state index in [1.165, 1.54) is 51.1 Å². The Labute approximate surface area is 420 Å². The maximum atomic E-state index is 11.9. The molecule has 0 unspecified atom stereocenters. The monoisotopic (exact) mass is 952 g/mol. The Balaban J connectivity index is 1.17. The SMILES string of the molecule is N#Cc1cc(-c2nc(-c3ccccc3)nc(-c3ccccc3)n2)c(-n2c3ccccc3c3c4sc5ccccc5c4ccc32)c(-c2ccccc2)c1-n1c2ccccc2c2c3sc4ccccc4c3ccc21. The van der Waals surface area contributed by atoms with Gasteiger partial charge in [0, 0.05) is 84.1 Å². The molecule has 0 bridgehead atoms. The van der Waals surface area contributed by atoms with Gasteiger partial charge in [-0.1, -0.05) is 176 Å². The van der Waals surface area contributed by atoms with Crippen molar-refractivity contribution in [3.8, 4) is 62.7 Å². The maximum absolute atomic E-state index is 11.9. The molecule has 10 aromatic carbocycles. The molecule has 334 valence electrons. The third-order valence-corrected chi connectivity index (χ3v) is 16.6. The zero-order valence-electron chi connectivity index (χ0n) is 38.3. The summed E-state index contributed by atoms with van der Waals surface area (Å²) >= 11 is 3.66. The quantitative estimate of drug-likeness (QED) is 0.166. The van der Waals surface area contributed by atoms with Crippen molar-refractivity contribution in [2.24, 2.45) is 0 Å². The van der Waals surface area contributed by atoms with Crippen LogP contribution in [0.1, 0.15) is 5.56 Å². The third-order valence-electron chi connectivity index (χ3n) is 14.2. The molecule has 0 aliphatic heterocycles. The first-order chi connectivity index (χ1) is 35.7. The van der Waals surface area contributed by atoms with Crippen LogP contribution in [0.5, 0.6) is 0 Å². The minimum Gasteiger partial charge on any atom is -0.308 e. The van der Waals surface area contributed by atoms with Crippen molar-refractivity contribution in [1.82, 2.24) is 24.1 Å². The fourth-order valence-corrected chi connectivity index (χ4v) is 13.7. The number of nitriles is 1. The molecule has 5 aromatic heterocycles. The molecule has 15 aromatic rings. The number of benzene rings is 10. The van der Waals surface area contributed by atoms with Gasteiger partial charge >= 0.3 is 0 Å². The van der Waals surface area contributed by atoms with Gasteiger partial charge < -0.3 is 9.13 Å². The predicted octanol–water partition coefficient (Wildman–Crippen LogP) is 17.3. The molecule has 0 atom stereocenters. The highest BCUT2D eigenvalue weighted by Gasteiger charge is 2.30. The Morgan fingerprint density at radius 3 is 1.28 bits per heavy atom. The summed E-state index contributed by atoms with van der Waals surface area (Å²) in [6.45, 7) is 0. The van der Waals surface area contributed by atoms with E-state index in [2.05, 4.69) is 167 Å². The van der Waals surface area contributed by atoms with Crippen molar-refractivity contribution in [3.63, 3.8) is 0 Å². The number of rotatable bonds is 6. The van der Waals surface area contributed by atoms with Crippen LogP contribution in [0, 0.1) is 11.3 Å². The van der Waals surface area contributed by atoms with Crippen LogP contribution in [0.15, 0.2) is 218 Å². The molecule has 0 fully saturated rings. The summed E-state index contributed by atoms with van der Waals surface area (Å²) in [5, 5.41) is 21.4. The Hall–Kier alpha value is -9.26. The van der Waals surface area contributed by atoms with Crippen LogP contribution in [0.25, 0.3) is 141 Å². The molecule has 5 heterocycles. The number of hydrogen-bond donors (Lipinski definition) is 0. The van der Waals surface area contributed by atoms with Crippen molar-refractivity contribution in [3.05, 3.63) is 224 Å². The number of thiophene rings is 2. The minimum atomic E-state index is 0.459. The lowest BCUT2D eigenvalue weighted by Gasteiger charge is -2.24. The smallest absolute Gasteiger partial charge is 0.166 e. The second-order valence-electron chi connectivity index (χ2n) is 18.1. The van der Waals surface area contributed by atoms with Gasteiger partial charge in [0.2, 0.25) is 0 Å². The van der Waals surface area contributed by atoms with E-state index in [0.717, 1.165) is 66.5 Å². The molecule has 0 N–H and O–H groups in total. The fraction of sp³-hybridized carbons (Fsp3) is 0. The van der Waals surface area contributed by atoms with E-state index in [9.17, 15) is 5.26 Å². The van der Waals surface area contributed by atoms with E-state index >= 15 is 0 Å². The summed E-state index contributed by atoms with van der Waals surface area (Å²) in [7, 11) is 0. The summed E-state index contributed by atoms with van der Waals surface area (Å²) in [5.74, 6) is 1.54. The molecule has 0 aliphatic rings. The molecule has 0 radical (unpaired) electrons. The van der Waals surface area contributed by atoms with Gasteiger partial charge in [0.05, 0.1) is 39.0 Å². The number of nitrogens with zero attached hydrogens (tertiary/aromatic N) is 6. The van der Waals surface area contributed by atoms with Gasteiger partial charge in [0.15, 0.2) is 17.5 Å². The molecule has 0 amide bonds. The third kappa shape index (κ3) is 5.96. The molecular weight excluding hydrogens is 917 g/mol. The largest absolute Gasteiger partial charge is 0.308 e. The van der Waals surface area contributed by atoms with E-state index in [4.69, 9.17) is 15.0 Å². The molecule has 15 rings (SSSR count). The molecule has 0 saturated heterocycles. The van der Waals surface area contributed by atoms with E-state index in [1.54, 1.807) is 0 Å². The second-order valence-corrected chi connectivity index (χ2v) is 20.2. The number of para-hydroxylation sites is 2. The van der Waals surface area contributed by atoms with Crippen LogP contribution in [0.2, 0.25) is 0 Å². The summed E-state index contributed by atoms with van der Waals surface area (Å²) in [6.07, 6.45) is 0. The predicted molar refractivity (Wildman–Crippen MR) is 301 cm³/mol. The van der Waals surface area contributed by atoms with E-state index in [1.807, 2.05) is 89.4 Å². The summed E-state index contributed by atoms with van der Waals surface area (Å²) in [5.41, 5.74) is 10.5. The van der Waals surface area contributed by atoms with E-state index in [0.29, 0.717) is 28.6 Å². The average Bonchev–Trinajstić information content (AvgIpc) is 4.21. The standard InChI is InChI=1S/C64H36N6S2/c65-37-41-36-48(64-67-62(39-20-6-2-7-21-39)66-63(68-64)40-22-8-3-9-23-40)59(70-50-29-15-11-27-47(50)57-52(70)35-33-45-43-25-13-17-31-54(43)72-61(45)57)55(38-18-4-1-5-19-38)58(41)69-49-28-14-10-26-46(49)56-51(69)34-32-44-42-24-12-16-30-53(42)71-60(44)56/h1-36H. The Morgan fingerprint density at radius 2 is 0.778 bits per heavy atom. The van der Waals surface area contributed by atoms with Crippen molar-refractivity contribution >= 4 is 107 Å². The highest BCUT2D eigenvalue weighted by molar-refractivity contribution is 7.27. The highest BCUT2D eigenvalue weighted by atomic mass is 32.1. The van der Waals surface area contributed by atoms with Crippen LogP contribution >= 0.6 is 22.7 Å². The van der Waals surface area contributed by atoms with Crippen LogP contribution in [-0.2, 0) is 0 Å². The molecule has 6 nitrogen and oxygen atoms in total. The van der Waals surface area contributed by atoms with Gasteiger partial charge in [-0.25, -0.2) is 15.0 Å². The average molecular weight is 953 g/mol. The first-order valence-electron chi connectivity index (χ1n) is 23.9. The summed E-state index contributed by atoms with van der Waals surface area (Å²) in [6, 6.07) is 79.4. The van der Waals surface area contributed by atoms with Gasteiger partial charge in [-0.15, -0.1) is 22.7 Å². The van der Waals surface area contributed by atoms with Gasteiger partial charge in [-0.2, -0.15) is 5.26 Å². The summed E-state index contributed by atoms with van der Waals surface area (Å²) in [4.78, 5) is 16.0. The first-order valence-corrected chi connectivity index (χ1v) is 25.5. The Bertz CT molecular complexity index is 4690. The highest BCUT2D eigenvalue weighted by Crippen LogP contribution is 2.51. The number of fused-ring (bicyclic) bond motifs is 14. The van der Waals surface area contributed by atoms with E-state index < -0.39 is 0 Å². The number of aromatic nitrogens is 5. The van der Waals surface area contributed by atoms with Gasteiger partial charge in [0.25, 0.3) is 0 Å². The zero-order valence-corrected chi connectivity index (χ0v) is 39.9. The summed E-state index contributed by atoms with van der Waals surface area (Å²) < 4.78 is 9.71. The van der Waals surface area contributed by atoms with E-state index in [-0.39, 0.29) is 0 Å². The van der Waals surface area contributed by atoms with Gasteiger partial charge in [-0.05, 0) is 48.0 Å². The number of hydrogen-bond acceptors (Lipinski definition) is 6. The van der Waals surface area contributed by atoms with Crippen molar-refractivity contribution in [2.75, 3.05) is 0 Å². The lowest BCUT2D eigenvalue weighted by atomic mass is 9.93. The lowest BCUT2D eigenvalue weighted by molar-refractivity contribution is 1.06. The molecule has 72 heavy (non-hydrogen) atoms. The van der Waals surface area contributed by atoms with Crippen LogP contribution < -0.4 is 0 Å². The van der Waals surface area contributed by atoms with Gasteiger partial charge in [0.1, 0.15) is 6.07 Å². The molecule has 8 heteroatoms. The topological polar surface area (TPSA) is 72.3 Å². The molecule has 0 saturated carbocycles. The molecular formula is C64H36N6S2. The maximum Gasteiger partial charge on any atom is 0.166 e. The first kappa shape index (κ1) is 40.6. The minimum absolute atomic E-state index is 0.459. The van der Waals surface area contributed by atoms with Crippen molar-refractivity contribution < 1.29 is 0 Å². The molecule has 0 aliphatic carbocycles. The lowest BCUT2D eigenvalue weighted by Crippen LogP contribution is -2.10. The Kier molecular flexibility index (Phi) is 8.96. The Morgan fingerprint density at radius 1 is 0.361 bits per heavy atom. The van der Waals surface area contributed by atoms with Crippen LogP contribution in [0.3, 0.4) is 0 Å². The van der Waals surface area contributed by atoms with Crippen LogP contribution in [-0.4, -0.2) is 24.1 Å².